The molecule has 6 nitrogen and oxygen atoms in total. The Balaban J connectivity index is 4.00. The van der Waals surface area contributed by atoms with Gasteiger partial charge in [0.1, 0.15) is 12.2 Å². The third-order valence-corrected chi connectivity index (χ3v) is 1.16. The summed E-state index contributed by atoms with van der Waals surface area (Å²) in [6.45, 7) is -0.800. The van der Waals surface area contributed by atoms with Crippen LogP contribution in [0.2, 0.25) is 0 Å². The molecule has 0 amide bonds. The van der Waals surface area contributed by atoms with Crippen LogP contribution in [0.3, 0.4) is 0 Å². The van der Waals surface area contributed by atoms with Gasteiger partial charge in [-0.25, -0.2) is 4.79 Å². The van der Waals surface area contributed by atoms with E-state index in [1.54, 1.807) is 0 Å². The summed E-state index contributed by atoms with van der Waals surface area (Å²) in [6.07, 6.45) is -5.57. The Kier molecular flexibility index (Phi) is 3.98. The highest BCUT2D eigenvalue weighted by molar-refractivity contribution is 5.72. The first kappa shape index (κ1) is 10.3. The quantitative estimate of drug-likeness (QED) is 0.306. The normalized spacial score (nSPS) is 18.9. The summed E-state index contributed by atoms with van der Waals surface area (Å²) < 4.78 is 0. The fourth-order valence-electron chi connectivity index (χ4n) is 0.465. The van der Waals surface area contributed by atoms with Crippen molar-refractivity contribution in [3.63, 3.8) is 0 Å². The van der Waals surface area contributed by atoms with Crippen molar-refractivity contribution < 1.29 is 30.3 Å². The van der Waals surface area contributed by atoms with Crippen LogP contribution >= 0.6 is 0 Å². The van der Waals surface area contributed by atoms with Crippen molar-refractivity contribution in [2.24, 2.45) is 0 Å². The van der Waals surface area contributed by atoms with E-state index in [4.69, 9.17) is 25.5 Å². The van der Waals surface area contributed by atoms with Gasteiger partial charge in [-0.3, -0.25) is 0 Å². The van der Waals surface area contributed by atoms with Crippen molar-refractivity contribution in [3.05, 3.63) is 0 Å². The second kappa shape index (κ2) is 4.24. The molecule has 0 radical (unpaired) electrons. The number of aliphatic hydroxyl groups is 4. The Bertz CT molecular complexity index is 135. The van der Waals surface area contributed by atoms with Gasteiger partial charge in [-0.15, -0.1) is 0 Å². The highest BCUT2D eigenvalue weighted by Gasteiger charge is 2.29. The number of carbonyl (C=O) groups is 1. The summed E-state index contributed by atoms with van der Waals surface area (Å²) in [6, 6.07) is 0. The van der Waals surface area contributed by atoms with Crippen molar-refractivity contribution in [2.45, 2.75) is 18.3 Å². The van der Waals surface area contributed by atoms with E-state index < -0.39 is 30.9 Å². The molecule has 0 heterocycles. The zero-order valence-corrected chi connectivity index (χ0v) is 5.58. The minimum Gasteiger partial charge on any atom is -0.479 e. The summed E-state index contributed by atoms with van der Waals surface area (Å²) >= 11 is 0. The molecule has 5 N–H and O–H groups in total. The zero-order valence-electron chi connectivity index (χ0n) is 5.58. The number of aliphatic hydroxyl groups excluding tert-OH is 4. The zero-order chi connectivity index (χ0) is 9.02. The Hall–Kier alpha value is -0.690. The van der Waals surface area contributed by atoms with Gasteiger partial charge in [0.15, 0.2) is 6.10 Å². The summed E-state index contributed by atoms with van der Waals surface area (Å²) in [4.78, 5) is 9.96. The lowest BCUT2D eigenvalue weighted by Crippen LogP contribution is -2.43. The molecule has 0 fully saturated rings. The van der Waals surface area contributed by atoms with Gasteiger partial charge in [0.05, 0.1) is 6.61 Å². The van der Waals surface area contributed by atoms with E-state index in [9.17, 15) is 4.79 Å². The third kappa shape index (κ3) is 2.81. The Labute approximate surface area is 62.3 Å². The summed E-state index contributed by atoms with van der Waals surface area (Å²) in [7, 11) is 0. The van der Waals surface area contributed by atoms with Crippen LogP contribution in [0.15, 0.2) is 0 Å². The summed E-state index contributed by atoms with van der Waals surface area (Å²) in [5.74, 6) is -1.65. The SMILES string of the molecule is O=C(O)C(O)C(O)C(O)CO. The van der Waals surface area contributed by atoms with E-state index in [-0.39, 0.29) is 0 Å². The van der Waals surface area contributed by atoms with Crippen LogP contribution in [0.1, 0.15) is 0 Å². The molecule has 0 saturated carbocycles. The van der Waals surface area contributed by atoms with E-state index in [1.165, 1.54) is 0 Å². The fourth-order valence-corrected chi connectivity index (χ4v) is 0.465. The lowest BCUT2D eigenvalue weighted by Gasteiger charge is -2.17. The van der Waals surface area contributed by atoms with Crippen molar-refractivity contribution in [2.75, 3.05) is 6.61 Å². The number of hydrogen-bond donors (Lipinski definition) is 5. The molecule has 6 heteroatoms. The predicted octanol–water partition coefficient (Wildman–Crippen LogP) is -2.85. The van der Waals surface area contributed by atoms with Gasteiger partial charge in [0, 0.05) is 0 Å². The molecule has 3 unspecified atom stereocenters. The van der Waals surface area contributed by atoms with Crippen molar-refractivity contribution >= 4 is 5.97 Å². The van der Waals surface area contributed by atoms with Crippen LogP contribution in [0.4, 0.5) is 0 Å². The topological polar surface area (TPSA) is 118 Å². The van der Waals surface area contributed by atoms with Crippen molar-refractivity contribution in [1.29, 1.82) is 0 Å². The lowest BCUT2D eigenvalue weighted by atomic mass is 10.1. The second-order valence-corrected chi connectivity index (χ2v) is 2.02. The molecular weight excluding hydrogens is 156 g/mol. The molecule has 11 heavy (non-hydrogen) atoms. The maximum Gasteiger partial charge on any atom is 0.335 e. The van der Waals surface area contributed by atoms with Crippen LogP contribution < -0.4 is 0 Å². The van der Waals surface area contributed by atoms with Crippen LogP contribution in [0, 0.1) is 0 Å². The number of carboxylic acids is 1. The average Bonchev–Trinajstić information content (AvgIpc) is 2.00. The van der Waals surface area contributed by atoms with Gasteiger partial charge in [-0.05, 0) is 0 Å². The minimum atomic E-state index is -2.07. The standard InChI is InChI=1S/C5H10O6/c6-1-2(7)3(8)4(9)5(10)11/h2-4,6-9H,1H2,(H,10,11). The first-order valence-electron chi connectivity index (χ1n) is 2.88. The fraction of sp³-hybridized carbons (Fsp3) is 0.800. The Morgan fingerprint density at radius 2 is 1.73 bits per heavy atom. The monoisotopic (exact) mass is 166 g/mol. The average molecular weight is 166 g/mol. The van der Waals surface area contributed by atoms with Crippen LogP contribution in [0.25, 0.3) is 0 Å². The molecule has 66 valence electrons. The second-order valence-electron chi connectivity index (χ2n) is 2.02. The number of rotatable bonds is 4. The summed E-state index contributed by atoms with van der Waals surface area (Å²) in [5, 5.41) is 42.2. The largest absolute Gasteiger partial charge is 0.479 e. The molecule has 0 aromatic carbocycles. The van der Waals surface area contributed by atoms with Gasteiger partial charge in [0.25, 0.3) is 0 Å². The van der Waals surface area contributed by atoms with E-state index >= 15 is 0 Å². The molecule has 0 aliphatic heterocycles. The van der Waals surface area contributed by atoms with Crippen molar-refractivity contribution in [1.82, 2.24) is 0 Å². The Morgan fingerprint density at radius 1 is 1.27 bits per heavy atom. The minimum absolute atomic E-state index is 0.800. The van der Waals surface area contributed by atoms with E-state index in [0.29, 0.717) is 0 Å². The molecule has 3 atom stereocenters. The van der Waals surface area contributed by atoms with E-state index in [0.717, 1.165) is 0 Å². The molecule has 0 saturated heterocycles. The molecule has 0 aliphatic rings. The maximum absolute atomic E-state index is 9.96. The lowest BCUT2D eigenvalue weighted by molar-refractivity contribution is -0.159. The third-order valence-electron chi connectivity index (χ3n) is 1.16. The van der Waals surface area contributed by atoms with Gasteiger partial charge in [0.2, 0.25) is 0 Å². The molecular formula is C5H10O6. The van der Waals surface area contributed by atoms with Gasteiger partial charge < -0.3 is 25.5 Å². The van der Waals surface area contributed by atoms with Crippen LogP contribution in [-0.2, 0) is 4.79 Å². The van der Waals surface area contributed by atoms with Crippen LogP contribution in [0.5, 0.6) is 0 Å². The van der Waals surface area contributed by atoms with E-state index in [1.807, 2.05) is 0 Å². The first-order chi connectivity index (χ1) is 5.00. The number of carboxylic acid groups (broad SMARTS) is 1. The number of aliphatic carboxylic acids is 1. The molecule has 0 aromatic rings. The molecule has 0 spiro atoms. The maximum atomic E-state index is 9.96. The summed E-state index contributed by atoms with van der Waals surface area (Å²) in [5.41, 5.74) is 0. The highest BCUT2D eigenvalue weighted by Crippen LogP contribution is 1.99. The Morgan fingerprint density at radius 3 is 2.00 bits per heavy atom. The van der Waals surface area contributed by atoms with Gasteiger partial charge in [-0.2, -0.15) is 0 Å². The van der Waals surface area contributed by atoms with Gasteiger partial charge in [-0.1, -0.05) is 0 Å². The van der Waals surface area contributed by atoms with Crippen molar-refractivity contribution in [3.8, 4) is 0 Å². The first-order valence-corrected chi connectivity index (χ1v) is 2.88. The molecule has 0 aliphatic carbocycles. The molecule has 0 rings (SSSR count). The smallest absolute Gasteiger partial charge is 0.335 e. The molecule has 0 aromatic heterocycles. The van der Waals surface area contributed by atoms with Crippen LogP contribution in [-0.4, -0.2) is 56.4 Å². The predicted molar refractivity (Wildman–Crippen MR) is 32.7 cm³/mol. The number of hydrogen-bond acceptors (Lipinski definition) is 5. The van der Waals surface area contributed by atoms with Gasteiger partial charge >= 0.3 is 5.97 Å². The molecule has 0 bridgehead atoms. The van der Waals surface area contributed by atoms with E-state index in [2.05, 4.69) is 0 Å². The highest BCUT2D eigenvalue weighted by atomic mass is 16.4.